The first kappa shape index (κ1) is 12.4. The Balaban J connectivity index is 2.34. The predicted octanol–water partition coefficient (Wildman–Crippen LogP) is 1.64. The zero-order valence-corrected chi connectivity index (χ0v) is 10.8. The van der Waals surface area contributed by atoms with E-state index in [9.17, 15) is 15.1 Å². The van der Waals surface area contributed by atoms with Crippen LogP contribution in [0.4, 0.5) is 0 Å². The third-order valence-electron chi connectivity index (χ3n) is 3.91. The second-order valence-electron chi connectivity index (χ2n) is 6.03. The van der Waals surface area contributed by atoms with Gasteiger partial charge < -0.3 is 10.3 Å². The van der Waals surface area contributed by atoms with Crippen LogP contribution in [0.25, 0.3) is 0 Å². The fourth-order valence-electron chi connectivity index (χ4n) is 2.97. The minimum atomic E-state index is -0.578. The minimum Gasteiger partial charge on any atom is -0.495 e. The van der Waals surface area contributed by atoms with Gasteiger partial charge in [0.05, 0.1) is 18.0 Å². The molecular formula is C12H20N2O3. The largest absolute Gasteiger partial charge is 0.495 e. The second-order valence-corrected chi connectivity index (χ2v) is 6.03. The molecule has 2 rings (SSSR count). The molecule has 0 unspecified atom stereocenters. The Morgan fingerprint density at radius 1 is 1.35 bits per heavy atom. The fourth-order valence-corrected chi connectivity index (χ4v) is 2.97. The summed E-state index contributed by atoms with van der Waals surface area (Å²) in [6, 6.07) is -0.214. The van der Waals surface area contributed by atoms with Crippen molar-refractivity contribution < 1.29 is 15.1 Å². The van der Waals surface area contributed by atoms with Crippen LogP contribution in [0.2, 0.25) is 0 Å². The Bertz CT molecular complexity index is 387. The van der Waals surface area contributed by atoms with Crippen molar-refractivity contribution in [3.63, 3.8) is 0 Å². The van der Waals surface area contributed by atoms with E-state index in [-0.39, 0.29) is 24.3 Å². The van der Waals surface area contributed by atoms with Crippen molar-refractivity contribution in [3.8, 4) is 0 Å². The van der Waals surface area contributed by atoms with E-state index in [1.165, 1.54) is 16.0 Å². The average molecular weight is 240 g/mol. The maximum atomic E-state index is 11.8. The van der Waals surface area contributed by atoms with Gasteiger partial charge in [0, 0.05) is 5.54 Å². The zero-order valence-electron chi connectivity index (χ0n) is 10.8. The number of rotatable bonds is 1. The molecule has 96 valence electrons. The van der Waals surface area contributed by atoms with Crippen molar-refractivity contribution in [2.24, 2.45) is 0 Å². The van der Waals surface area contributed by atoms with Gasteiger partial charge in [-0.2, -0.15) is 5.06 Å². The fraction of sp³-hybridized carbons (Fsp3) is 0.750. The molecule has 1 fully saturated rings. The smallest absolute Gasteiger partial charge is 0.233 e. The first-order valence-electron chi connectivity index (χ1n) is 5.88. The third kappa shape index (κ3) is 1.65. The lowest BCUT2D eigenvalue weighted by Gasteiger charge is -2.38. The van der Waals surface area contributed by atoms with Crippen LogP contribution in [0.15, 0.2) is 12.0 Å². The van der Waals surface area contributed by atoms with Gasteiger partial charge in [-0.15, -0.1) is 0 Å². The van der Waals surface area contributed by atoms with E-state index in [4.69, 9.17) is 0 Å². The van der Waals surface area contributed by atoms with Gasteiger partial charge >= 0.3 is 0 Å². The summed E-state index contributed by atoms with van der Waals surface area (Å²) in [5.74, 6) is -0.0918. The van der Waals surface area contributed by atoms with Crippen LogP contribution >= 0.6 is 0 Å². The van der Waals surface area contributed by atoms with Gasteiger partial charge in [-0.25, -0.2) is 0 Å². The SMILES string of the molecule is CC1(C)C[C@H](N2C(=O)CC=C2O)C(C)(C)N1O. The Morgan fingerprint density at radius 3 is 2.29 bits per heavy atom. The van der Waals surface area contributed by atoms with Crippen LogP contribution in [0.5, 0.6) is 0 Å². The van der Waals surface area contributed by atoms with Gasteiger partial charge in [0.25, 0.3) is 0 Å². The van der Waals surface area contributed by atoms with Crippen molar-refractivity contribution in [3.05, 3.63) is 12.0 Å². The highest BCUT2D eigenvalue weighted by Gasteiger charge is 2.55. The lowest BCUT2D eigenvalue weighted by Crippen LogP contribution is -2.53. The van der Waals surface area contributed by atoms with Crippen molar-refractivity contribution >= 4 is 5.91 Å². The van der Waals surface area contributed by atoms with E-state index in [1.54, 1.807) is 0 Å². The summed E-state index contributed by atoms with van der Waals surface area (Å²) >= 11 is 0. The molecule has 17 heavy (non-hydrogen) atoms. The van der Waals surface area contributed by atoms with Gasteiger partial charge in [0.1, 0.15) is 0 Å². The van der Waals surface area contributed by atoms with Gasteiger partial charge in [0.15, 0.2) is 5.88 Å². The minimum absolute atomic E-state index is 0.0131. The number of carbonyl (C=O) groups is 1. The number of hydrogen-bond acceptors (Lipinski definition) is 4. The van der Waals surface area contributed by atoms with Gasteiger partial charge in [-0.3, -0.25) is 9.69 Å². The van der Waals surface area contributed by atoms with E-state index in [2.05, 4.69) is 0 Å². The first-order valence-corrected chi connectivity index (χ1v) is 5.88. The Labute approximate surface area is 101 Å². The van der Waals surface area contributed by atoms with Crippen LogP contribution in [-0.2, 0) is 4.79 Å². The molecule has 2 aliphatic rings. The Hall–Kier alpha value is -1.07. The third-order valence-corrected chi connectivity index (χ3v) is 3.91. The highest BCUT2D eigenvalue weighted by molar-refractivity contribution is 5.82. The van der Waals surface area contributed by atoms with Crippen molar-refractivity contribution in [2.75, 3.05) is 0 Å². The molecule has 0 aromatic carbocycles. The monoisotopic (exact) mass is 240 g/mol. The number of hydroxylamine groups is 2. The number of hydrogen-bond donors (Lipinski definition) is 2. The van der Waals surface area contributed by atoms with Crippen LogP contribution in [0.3, 0.4) is 0 Å². The number of amides is 1. The summed E-state index contributed by atoms with van der Waals surface area (Å²) in [4.78, 5) is 13.2. The Morgan fingerprint density at radius 2 is 1.94 bits per heavy atom. The molecule has 5 nitrogen and oxygen atoms in total. The summed E-state index contributed by atoms with van der Waals surface area (Å²) in [5, 5.41) is 21.3. The topological polar surface area (TPSA) is 64.0 Å². The van der Waals surface area contributed by atoms with E-state index in [0.717, 1.165) is 0 Å². The van der Waals surface area contributed by atoms with Crippen LogP contribution in [0, 0.1) is 0 Å². The molecule has 0 radical (unpaired) electrons. The molecule has 0 aliphatic carbocycles. The van der Waals surface area contributed by atoms with Crippen molar-refractivity contribution in [1.82, 2.24) is 9.96 Å². The van der Waals surface area contributed by atoms with Crippen LogP contribution < -0.4 is 0 Å². The lowest BCUT2D eigenvalue weighted by atomic mass is 9.93. The number of aliphatic hydroxyl groups excluding tert-OH is 1. The summed E-state index contributed by atoms with van der Waals surface area (Å²) in [5.41, 5.74) is -0.983. The summed E-state index contributed by atoms with van der Waals surface area (Å²) in [6.07, 6.45) is 2.38. The predicted molar refractivity (Wildman–Crippen MR) is 62.4 cm³/mol. The molecule has 1 amide bonds. The quantitative estimate of drug-likeness (QED) is 0.731. The van der Waals surface area contributed by atoms with E-state index in [0.29, 0.717) is 6.42 Å². The molecule has 0 saturated carbocycles. The molecule has 5 heteroatoms. The normalized spacial score (nSPS) is 32.1. The maximum absolute atomic E-state index is 11.8. The molecule has 2 N–H and O–H groups in total. The first-order chi connectivity index (χ1) is 7.68. The van der Waals surface area contributed by atoms with Gasteiger partial charge in [-0.1, -0.05) is 0 Å². The molecular weight excluding hydrogens is 220 g/mol. The number of carbonyl (C=O) groups excluding carboxylic acids is 1. The van der Waals surface area contributed by atoms with E-state index in [1.807, 2.05) is 27.7 Å². The van der Waals surface area contributed by atoms with E-state index < -0.39 is 11.1 Å². The Kier molecular flexibility index (Phi) is 2.52. The van der Waals surface area contributed by atoms with Crippen molar-refractivity contribution in [2.45, 2.75) is 57.7 Å². The molecule has 1 saturated heterocycles. The van der Waals surface area contributed by atoms with Crippen LogP contribution in [0.1, 0.15) is 40.5 Å². The standard InChI is InChI=1S/C12H20N2O3/c1-11(2)7-8(12(3,4)14(11)17)13-9(15)5-6-10(13)16/h5,8,15,17H,6-7H2,1-4H3/t8-/m0/s1. The summed E-state index contributed by atoms with van der Waals surface area (Å²) < 4.78 is 0. The lowest BCUT2D eigenvalue weighted by molar-refractivity contribution is -0.198. The summed E-state index contributed by atoms with van der Waals surface area (Å²) in [6.45, 7) is 7.61. The molecule has 0 aromatic heterocycles. The summed E-state index contributed by atoms with van der Waals surface area (Å²) in [7, 11) is 0. The maximum Gasteiger partial charge on any atom is 0.233 e. The zero-order chi connectivity index (χ0) is 13.0. The van der Waals surface area contributed by atoms with Gasteiger partial charge in [-0.05, 0) is 40.2 Å². The van der Waals surface area contributed by atoms with Crippen LogP contribution in [-0.4, -0.2) is 43.3 Å². The molecule has 0 bridgehead atoms. The number of aliphatic hydroxyl groups is 1. The molecule has 1 atom stereocenters. The van der Waals surface area contributed by atoms with E-state index >= 15 is 0 Å². The second kappa shape index (κ2) is 3.46. The molecule has 0 aromatic rings. The molecule has 0 spiro atoms. The highest BCUT2D eigenvalue weighted by atomic mass is 16.5. The average Bonchev–Trinajstić information content (AvgIpc) is 2.60. The molecule has 2 heterocycles. The van der Waals surface area contributed by atoms with Gasteiger partial charge in [0.2, 0.25) is 5.91 Å². The number of nitrogens with zero attached hydrogens (tertiary/aromatic N) is 2. The van der Waals surface area contributed by atoms with Crippen molar-refractivity contribution in [1.29, 1.82) is 0 Å². The highest BCUT2D eigenvalue weighted by Crippen LogP contribution is 2.43. The molecule has 2 aliphatic heterocycles.